The summed E-state index contributed by atoms with van der Waals surface area (Å²) in [5.74, 6) is 0.129. The van der Waals surface area contributed by atoms with E-state index in [2.05, 4.69) is 10.3 Å². The normalized spacial score (nSPS) is 21.4. The zero-order valence-electron chi connectivity index (χ0n) is 8.46. The van der Waals surface area contributed by atoms with Crippen molar-refractivity contribution in [2.24, 2.45) is 0 Å². The molecule has 76 valence electrons. The van der Waals surface area contributed by atoms with Gasteiger partial charge < -0.3 is 5.32 Å². The molecule has 0 bridgehead atoms. The van der Waals surface area contributed by atoms with Crippen LogP contribution in [0.4, 0.5) is 0 Å². The lowest BCUT2D eigenvalue weighted by molar-refractivity contribution is 0.102. The molecule has 0 radical (unpaired) electrons. The van der Waals surface area contributed by atoms with Gasteiger partial charge in [0, 0.05) is 6.92 Å². The highest BCUT2D eigenvalue weighted by Crippen LogP contribution is 2.29. The summed E-state index contributed by atoms with van der Waals surface area (Å²) in [6.07, 6.45) is 2.35. The van der Waals surface area contributed by atoms with Crippen molar-refractivity contribution >= 4 is 17.1 Å². The van der Waals surface area contributed by atoms with Crippen LogP contribution in [-0.4, -0.2) is 17.3 Å². The molecule has 0 aromatic carbocycles. The average molecular weight is 210 g/mol. The minimum Gasteiger partial charge on any atom is -0.308 e. The Balaban J connectivity index is 2.27. The molecule has 1 aromatic rings. The number of Topliss-reactive ketones (excluding diaryl/α,β-unsaturated/α-hetero) is 1. The number of ketones is 1. The maximum absolute atomic E-state index is 11.2. The predicted octanol–water partition coefficient (Wildman–Crippen LogP) is 2.08. The van der Waals surface area contributed by atoms with E-state index in [1.54, 1.807) is 18.3 Å². The zero-order chi connectivity index (χ0) is 10.1. The van der Waals surface area contributed by atoms with Crippen LogP contribution in [0.25, 0.3) is 0 Å². The standard InChI is InChI=1S/C10H14N2OS/c1-6-9(7(2)13)14-10(12-6)8-4-3-5-11-8/h8,11H,3-5H2,1-2H3. The molecule has 14 heavy (non-hydrogen) atoms. The topological polar surface area (TPSA) is 42.0 Å². The van der Waals surface area contributed by atoms with Gasteiger partial charge in [-0.1, -0.05) is 0 Å². The van der Waals surface area contributed by atoms with E-state index in [0.717, 1.165) is 28.5 Å². The monoisotopic (exact) mass is 210 g/mol. The molecule has 4 heteroatoms. The Bertz CT molecular complexity index is 353. The van der Waals surface area contributed by atoms with Gasteiger partial charge in [-0.05, 0) is 26.3 Å². The van der Waals surface area contributed by atoms with Gasteiger partial charge in [0.25, 0.3) is 0 Å². The Kier molecular flexibility index (Phi) is 2.65. The molecule has 1 aromatic heterocycles. The second-order valence-electron chi connectivity index (χ2n) is 3.67. The average Bonchev–Trinajstić information content (AvgIpc) is 2.70. The van der Waals surface area contributed by atoms with Crippen LogP contribution >= 0.6 is 11.3 Å². The SMILES string of the molecule is CC(=O)c1sc(C2CCCN2)nc1C. The second-order valence-corrected chi connectivity index (χ2v) is 4.70. The van der Waals surface area contributed by atoms with Crippen LogP contribution in [0, 0.1) is 6.92 Å². The summed E-state index contributed by atoms with van der Waals surface area (Å²) in [7, 11) is 0. The van der Waals surface area contributed by atoms with E-state index >= 15 is 0 Å². The summed E-state index contributed by atoms with van der Waals surface area (Å²) in [6, 6.07) is 0.381. The van der Waals surface area contributed by atoms with Crippen molar-refractivity contribution in [3.8, 4) is 0 Å². The molecule has 1 fully saturated rings. The fourth-order valence-electron chi connectivity index (χ4n) is 1.79. The smallest absolute Gasteiger partial charge is 0.171 e. The van der Waals surface area contributed by atoms with Gasteiger partial charge in [0.15, 0.2) is 5.78 Å². The van der Waals surface area contributed by atoms with Gasteiger partial charge in [0.05, 0.1) is 16.6 Å². The summed E-state index contributed by atoms with van der Waals surface area (Å²) in [6.45, 7) is 4.58. The molecule has 0 spiro atoms. The lowest BCUT2D eigenvalue weighted by atomic mass is 10.2. The van der Waals surface area contributed by atoms with E-state index in [9.17, 15) is 4.79 Å². The van der Waals surface area contributed by atoms with Crippen LogP contribution in [0.15, 0.2) is 0 Å². The summed E-state index contributed by atoms with van der Waals surface area (Å²) in [5, 5.41) is 4.46. The van der Waals surface area contributed by atoms with Gasteiger partial charge >= 0.3 is 0 Å². The summed E-state index contributed by atoms with van der Waals surface area (Å²) in [5.41, 5.74) is 0.881. The van der Waals surface area contributed by atoms with Gasteiger partial charge in [0.1, 0.15) is 5.01 Å². The minimum atomic E-state index is 0.129. The molecule has 1 aliphatic heterocycles. The molecule has 1 atom stereocenters. The molecule has 3 nitrogen and oxygen atoms in total. The van der Waals surface area contributed by atoms with Crippen molar-refractivity contribution in [1.82, 2.24) is 10.3 Å². The highest BCUT2D eigenvalue weighted by atomic mass is 32.1. The van der Waals surface area contributed by atoms with Crippen molar-refractivity contribution in [3.63, 3.8) is 0 Å². The number of thiazole rings is 1. The first-order valence-corrected chi connectivity index (χ1v) is 5.72. The summed E-state index contributed by atoms with van der Waals surface area (Å²) >= 11 is 1.54. The third kappa shape index (κ3) is 1.72. The van der Waals surface area contributed by atoms with Gasteiger partial charge in [0.2, 0.25) is 0 Å². The molecule has 1 unspecified atom stereocenters. The van der Waals surface area contributed by atoms with Crippen LogP contribution in [0.5, 0.6) is 0 Å². The number of aryl methyl sites for hydroxylation is 1. The zero-order valence-corrected chi connectivity index (χ0v) is 9.28. The highest BCUT2D eigenvalue weighted by molar-refractivity contribution is 7.13. The van der Waals surface area contributed by atoms with Crippen LogP contribution < -0.4 is 5.32 Å². The quantitative estimate of drug-likeness (QED) is 0.760. The summed E-state index contributed by atoms with van der Waals surface area (Å²) in [4.78, 5) is 16.5. The first-order chi connectivity index (χ1) is 6.68. The largest absolute Gasteiger partial charge is 0.308 e. The van der Waals surface area contributed by atoms with Crippen molar-refractivity contribution < 1.29 is 4.79 Å². The Morgan fingerprint density at radius 1 is 1.64 bits per heavy atom. The molecule has 1 aliphatic rings. The first kappa shape index (κ1) is 9.80. The lowest BCUT2D eigenvalue weighted by Gasteiger charge is -2.03. The molecular weight excluding hydrogens is 196 g/mol. The van der Waals surface area contributed by atoms with Crippen molar-refractivity contribution in [2.75, 3.05) is 6.54 Å². The summed E-state index contributed by atoms with van der Waals surface area (Å²) < 4.78 is 0. The molecule has 2 rings (SSSR count). The molecule has 1 N–H and O–H groups in total. The van der Waals surface area contributed by atoms with Crippen LogP contribution in [0.2, 0.25) is 0 Å². The van der Waals surface area contributed by atoms with E-state index in [4.69, 9.17) is 0 Å². The molecule has 2 heterocycles. The third-order valence-electron chi connectivity index (χ3n) is 2.49. The molecule has 1 saturated heterocycles. The Morgan fingerprint density at radius 2 is 2.43 bits per heavy atom. The highest BCUT2D eigenvalue weighted by Gasteiger charge is 2.21. The number of nitrogens with one attached hydrogen (secondary N) is 1. The number of carbonyl (C=O) groups excluding carboxylic acids is 1. The van der Waals surface area contributed by atoms with Crippen LogP contribution in [0.3, 0.4) is 0 Å². The fraction of sp³-hybridized carbons (Fsp3) is 0.600. The number of carbonyl (C=O) groups is 1. The number of hydrogen-bond donors (Lipinski definition) is 1. The molecular formula is C10H14N2OS. The molecule has 0 aliphatic carbocycles. The maximum atomic E-state index is 11.2. The maximum Gasteiger partial charge on any atom is 0.171 e. The second kappa shape index (κ2) is 3.79. The Hall–Kier alpha value is -0.740. The fourth-order valence-corrected chi connectivity index (χ4v) is 2.86. The van der Waals surface area contributed by atoms with Gasteiger partial charge in [-0.15, -0.1) is 11.3 Å². The van der Waals surface area contributed by atoms with E-state index in [-0.39, 0.29) is 5.78 Å². The Labute approximate surface area is 87.6 Å². The number of rotatable bonds is 2. The number of nitrogens with zero attached hydrogens (tertiary/aromatic N) is 1. The van der Waals surface area contributed by atoms with Crippen LogP contribution in [-0.2, 0) is 0 Å². The van der Waals surface area contributed by atoms with Crippen molar-refractivity contribution in [2.45, 2.75) is 32.7 Å². The van der Waals surface area contributed by atoms with Gasteiger partial charge in [-0.25, -0.2) is 4.98 Å². The van der Waals surface area contributed by atoms with E-state index < -0.39 is 0 Å². The van der Waals surface area contributed by atoms with Crippen LogP contribution in [0.1, 0.15) is 46.2 Å². The van der Waals surface area contributed by atoms with E-state index in [1.165, 1.54) is 6.42 Å². The van der Waals surface area contributed by atoms with Crippen molar-refractivity contribution in [1.29, 1.82) is 0 Å². The van der Waals surface area contributed by atoms with Gasteiger partial charge in [-0.3, -0.25) is 4.79 Å². The van der Waals surface area contributed by atoms with Crippen molar-refractivity contribution in [3.05, 3.63) is 15.6 Å². The number of aromatic nitrogens is 1. The van der Waals surface area contributed by atoms with E-state index in [1.807, 2.05) is 6.92 Å². The van der Waals surface area contributed by atoms with Gasteiger partial charge in [-0.2, -0.15) is 0 Å². The minimum absolute atomic E-state index is 0.129. The first-order valence-electron chi connectivity index (χ1n) is 4.90. The predicted molar refractivity (Wildman–Crippen MR) is 56.8 cm³/mol. The molecule has 0 amide bonds. The number of hydrogen-bond acceptors (Lipinski definition) is 4. The third-order valence-corrected chi connectivity index (χ3v) is 3.86. The lowest BCUT2D eigenvalue weighted by Crippen LogP contribution is -2.12. The molecule has 0 saturated carbocycles. The van der Waals surface area contributed by atoms with E-state index in [0.29, 0.717) is 6.04 Å². The Morgan fingerprint density at radius 3 is 2.93 bits per heavy atom.